The van der Waals surface area contributed by atoms with E-state index in [9.17, 15) is 10.1 Å². The lowest BCUT2D eigenvalue weighted by atomic mass is 10.1. The van der Waals surface area contributed by atoms with Crippen LogP contribution in [0.2, 0.25) is 0 Å². The smallest absolute Gasteiger partial charge is 0.276 e. The third-order valence-electron chi connectivity index (χ3n) is 2.83. The highest BCUT2D eigenvalue weighted by atomic mass is 16.6. The monoisotopic (exact) mass is 272 g/mol. The quantitative estimate of drug-likeness (QED) is 0.479. The Bertz CT molecular complexity index is 587. The molecule has 1 aromatic carbocycles. The van der Waals surface area contributed by atoms with Gasteiger partial charge in [-0.25, -0.2) is 4.98 Å². The van der Waals surface area contributed by atoms with Crippen molar-refractivity contribution in [3.05, 3.63) is 58.1 Å². The first-order valence-electron chi connectivity index (χ1n) is 6.35. The van der Waals surface area contributed by atoms with Crippen molar-refractivity contribution < 1.29 is 4.92 Å². The van der Waals surface area contributed by atoms with E-state index in [4.69, 9.17) is 5.73 Å². The second kappa shape index (κ2) is 6.51. The average Bonchev–Trinajstić information content (AvgIpc) is 2.44. The van der Waals surface area contributed by atoms with Crippen molar-refractivity contribution in [1.82, 2.24) is 4.98 Å². The van der Waals surface area contributed by atoms with Crippen molar-refractivity contribution in [3.8, 4) is 0 Å². The first kappa shape index (κ1) is 13.8. The molecular formula is C14H16N4O2. The maximum atomic E-state index is 10.7. The fourth-order valence-electron chi connectivity index (χ4n) is 1.89. The number of hydrogen-bond acceptors (Lipinski definition) is 5. The molecule has 1 heterocycles. The number of nitrogens with zero attached hydrogens (tertiary/aromatic N) is 2. The van der Waals surface area contributed by atoms with Crippen LogP contribution in [0.3, 0.4) is 0 Å². The van der Waals surface area contributed by atoms with Crippen LogP contribution in [0.15, 0.2) is 42.5 Å². The topological polar surface area (TPSA) is 94.1 Å². The van der Waals surface area contributed by atoms with Crippen LogP contribution in [-0.4, -0.2) is 16.5 Å². The summed E-state index contributed by atoms with van der Waals surface area (Å²) in [5, 5.41) is 13.8. The minimum atomic E-state index is -0.479. The molecule has 0 amide bonds. The van der Waals surface area contributed by atoms with Crippen molar-refractivity contribution in [2.75, 3.05) is 17.6 Å². The van der Waals surface area contributed by atoms with Gasteiger partial charge in [-0.3, -0.25) is 10.1 Å². The van der Waals surface area contributed by atoms with Gasteiger partial charge in [0.1, 0.15) is 11.6 Å². The number of hydrogen-bond donors (Lipinski definition) is 2. The van der Waals surface area contributed by atoms with Gasteiger partial charge in [0.25, 0.3) is 5.69 Å². The Balaban J connectivity index is 1.86. The molecule has 1 aromatic heterocycles. The molecule has 0 aliphatic rings. The fourth-order valence-corrected chi connectivity index (χ4v) is 1.89. The zero-order chi connectivity index (χ0) is 14.4. The zero-order valence-corrected chi connectivity index (χ0v) is 11.0. The van der Waals surface area contributed by atoms with Gasteiger partial charge in [-0.1, -0.05) is 30.3 Å². The molecule has 6 nitrogen and oxygen atoms in total. The molecule has 0 radical (unpaired) electrons. The van der Waals surface area contributed by atoms with Gasteiger partial charge in [-0.15, -0.1) is 0 Å². The van der Waals surface area contributed by atoms with Gasteiger partial charge in [0.15, 0.2) is 0 Å². The lowest BCUT2D eigenvalue weighted by Gasteiger charge is -2.06. The standard InChI is InChI=1S/C14H16N4O2/c15-13-9-12(18(19)20)10-14(17-13)16-8-4-7-11-5-2-1-3-6-11/h1-3,5-6,9-10H,4,7-8H2,(H3,15,16,17). The first-order valence-corrected chi connectivity index (χ1v) is 6.35. The number of benzene rings is 1. The molecule has 0 fully saturated rings. The number of anilines is 2. The van der Waals surface area contributed by atoms with Crippen LogP contribution in [0.1, 0.15) is 12.0 Å². The van der Waals surface area contributed by atoms with Gasteiger partial charge in [-0.2, -0.15) is 0 Å². The van der Waals surface area contributed by atoms with E-state index in [-0.39, 0.29) is 11.5 Å². The summed E-state index contributed by atoms with van der Waals surface area (Å²) in [6, 6.07) is 12.8. The van der Waals surface area contributed by atoms with Gasteiger partial charge in [0, 0.05) is 6.54 Å². The number of aromatic nitrogens is 1. The Hall–Kier alpha value is -2.63. The van der Waals surface area contributed by atoms with Crippen LogP contribution in [0.25, 0.3) is 0 Å². The van der Waals surface area contributed by atoms with E-state index >= 15 is 0 Å². The number of nitrogens with one attached hydrogen (secondary N) is 1. The summed E-state index contributed by atoms with van der Waals surface area (Å²) in [5.41, 5.74) is 6.75. The maximum absolute atomic E-state index is 10.7. The summed E-state index contributed by atoms with van der Waals surface area (Å²) in [7, 11) is 0. The Morgan fingerprint density at radius 3 is 2.70 bits per heavy atom. The van der Waals surface area contributed by atoms with Crippen LogP contribution in [-0.2, 0) is 6.42 Å². The van der Waals surface area contributed by atoms with Crippen LogP contribution in [0.5, 0.6) is 0 Å². The van der Waals surface area contributed by atoms with Gasteiger partial charge >= 0.3 is 0 Å². The van der Waals surface area contributed by atoms with Crippen LogP contribution in [0, 0.1) is 10.1 Å². The Kier molecular flexibility index (Phi) is 4.49. The highest BCUT2D eigenvalue weighted by Crippen LogP contribution is 2.18. The van der Waals surface area contributed by atoms with Crippen molar-refractivity contribution >= 4 is 17.3 Å². The summed E-state index contributed by atoms with van der Waals surface area (Å²) in [6.07, 6.45) is 1.85. The minimum absolute atomic E-state index is 0.0527. The molecule has 0 saturated carbocycles. The van der Waals surface area contributed by atoms with Crippen LogP contribution >= 0.6 is 0 Å². The Morgan fingerprint density at radius 2 is 2.00 bits per heavy atom. The number of aryl methyl sites for hydroxylation is 1. The molecule has 2 rings (SSSR count). The Labute approximate surface area is 116 Å². The predicted molar refractivity (Wildman–Crippen MR) is 78.6 cm³/mol. The number of pyridine rings is 1. The van der Waals surface area contributed by atoms with Gasteiger partial charge < -0.3 is 11.1 Å². The van der Waals surface area contributed by atoms with E-state index in [0.717, 1.165) is 12.8 Å². The van der Waals surface area contributed by atoms with E-state index in [2.05, 4.69) is 22.4 Å². The molecule has 0 unspecified atom stereocenters. The molecule has 3 N–H and O–H groups in total. The summed E-state index contributed by atoms with van der Waals surface area (Å²) in [6.45, 7) is 0.683. The molecular weight excluding hydrogens is 256 g/mol. The average molecular weight is 272 g/mol. The number of rotatable bonds is 6. The molecule has 20 heavy (non-hydrogen) atoms. The van der Waals surface area contributed by atoms with Gasteiger partial charge in [0.2, 0.25) is 0 Å². The molecule has 2 aromatic rings. The lowest BCUT2D eigenvalue weighted by Crippen LogP contribution is -2.06. The maximum Gasteiger partial charge on any atom is 0.276 e. The van der Waals surface area contributed by atoms with E-state index in [1.165, 1.54) is 17.7 Å². The molecule has 0 bridgehead atoms. The van der Waals surface area contributed by atoms with E-state index in [1.807, 2.05) is 18.2 Å². The van der Waals surface area contributed by atoms with E-state index in [1.54, 1.807) is 0 Å². The van der Waals surface area contributed by atoms with Crippen molar-refractivity contribution in [2.24, 2.45) is 0 Å². The molecule has 0 saturated heterocycles. The third kappa shape index (κ3) is 3.94. The zero-order valence-electron chi connectivity index (χ0n) is 11.0. The number of nitrogen functional groups attached to an aromatic ring is 1. The van der Waals surface area contributed by atoms with E-state index in [0.29, 0.717) is 12.4 Å². The van der Waals surface area contributed by atoms with Crippen molar-refractivity contribution in [1.29, 1.82) is 0 Å². The summed E-state index contributed by atoms with van der Waals surface area (Å²) in [4.78, 5) is 14.3. The second-order valence-electron chi connectivity index (χ2n) is 4.41. The molecule has 0 aliphatic carbocycles. The predicted octanol–water partition coefficient (Wildman–Crippen LogP) is 2.62. The molecule has 0 aliphatic heterocycles. The summed E-state index contributed by atoms with van der Waals surface area (Å²) in [5.74, 6) is 0.578. The Morgan fingerprint density at radius 1 is 1.25 bits per heavy atom. The molecule has 104 valence electrons. The highest BCUT2D eigenvalue weighted by molar-refractivity contribution is 5.52. The summed E-state index contributed by atoms with van der Waals surface area (Å²) < 4.78 is 0. The van der Waals surface area contributed by atoms with E-state index < -0.39 is 4.92 Å². The van der Waals surface area contributed by atoms with Crippen LogP contribution in [0.4, 0.5) is 17.3 Å². The molecule has 0 atom stereocenters. The normalized spacial score (nSPS) is 10.2. The second-order valence-corrected chi connectivity index (χ2v) is 4.41. The molecule has 6 heteroatoms. The third-order valence-corrected chi connectivity index (χ3v) is 2.83. The number of nitro groups is 1. The fraction of sp³-hybridized carbons (Fsp3) is 0.214. The van der Waals surface area contributed by atoms with Crippen molar-refractivity contribution in [2.45, 2.75) is 12.8 Å². The highest BCUT2D eigenvalue weighted by Gasteiger charge is 2.09. The largest absolute Gasteiger partial charge is 0.383 e. The number of nitrogens with two attached hydrogens (primary N) is 1. The molecule has 0 spiro atoms. The summed E-state index contributed by atoms with van der Waals surface area (Å²) >= 11 is 0. The van der Waals surface area contributed by atoms with Crippen LogP contribution < -0.4 is 11.1 Å². The minimum Gasteiger partial charge on any atom is -0.383 e. The van der Waals surface area contributed by atoms with Crippen molar-refractivity contribution in [3.63, 3.8) is 0 Å². The first-order chi connectivity index (χ1) is 9.65. The SMILES string of the molecule is Nc1cc([N+](=O)[O-])cc(NCCCc2ccccc2)n1. The van der Waals surface area contributed by atoms with Gasteiger partial charge in [-0.05, 0) is 18.4 Å². The van der Waals surface area contributed by atoms with Gasteiger partial charge in [0.05, 0.1) is 17.1 Å². The lowest BCUT2D eigenvalue weighted by molar-refractivity contribution is -0.384.